The van der Waals surface area contributed by atoms with E-state index in [-0.39, 0.29) is 42.0 Å². The highest BCUT2D eigenvalue weighted by molar-refractivity contribution is 8.00. The summed E-state index contributed by atoms with van der Waals surface area (Å²) in [4.78, 5) is 24.5. The molecule has 0 aliphatic carbocycles. The Morgan fingerprint density at radius 2 is 1.91 bits per heavy atom. The summed E-state index contributed by atoms with van der Waals surface area (Å²) >= 11 is -0.277. The predicted octanol–water partition coefficient (Wildman–Crippen LogP) is 2.22. The first kappa shape index (κ1) is 16.6. The van der Waals surface area contributed by atoms with Crippen LogP contribution in [-0.4, -0.2) is 53.2 Å². The van der Waals surface area contributed by atoms with E-state index in [0.29, 0.717) is 0 Å². The third kappa shape index (κ3) is 4.14. The molecule has 0 spiro atoms. The Hall–Kier alpha value is -1.74. The van der Waals surface area contributed by atoms with Gasteiger partial charge in [-0.05, 0) is 36.0 Å². The number of aliphatic carboxylic acids is 1. The second kappa shape index (κ2) is 6.57. The Bertz CT molecular complexity index is 561. The first-order valence-corrected chi connectivity index (χ1v) is 7.07. The molecule has 1 N–H and O–H groups in total. The molecule has 0 saturated carbocycles. The first-order valence-electron chi connectivity index (χ1n) is 6.25. The van der Waals surface area contributed by atoms with E-state index in [0.717, 1.165) is 4.90 Å². The number of carbonyl (C=O) groups excluding carboxylic acids is 1. The average Bonchev–Trinajstić information content (AvgIpc) is 2.45. The van der Waals surface area contributed by atoms with Crippen LogP contribution in [-0.2, 0) is 9.53 Å². The molecule has 1 atom stereocenters. The van der Waals surface area contributed by atoms with Gasteiger partial charge in [0.2, 0.25) is 0 Å². The third-order valence-corrected chi connectivity index (χ3v) is 3.75. The van der Waals surface area contributed by atoms with E-state index in [1.165, 1.54) is 24.3 Å². The van der Waals surface area contributed by atoms with Crippen LogP contribution in [0, 0.1) is 0 Å². The Morgan fingerprint density at radius 1 is 1.27 bits per heavy atom. The van der Waals surface area contributed by atoms with Crippen molar-refractivity contribution in [3.8, 4) is 0 Å². The van der Waals surface area contributed by atoms with E-state index in [2.05, 4.69) is 0 Å². The van der Waals surface area contributed by atoms with Crippen LogP contribution in [0.1, 0.15) is 10.4 Å². The maximum absolute atomic E-state index is 12.3. The number of rotatable bonds is 3. The highest BCUT2D eigenvalue weighted by atomic mass is 32.2. The van der Waals surface area contributed by atoms with Gasteiger partial charge in [-0.25, -0.2) is 4.79 Å². The summed E-state index contributed by atoms with van der Waals surface area (Å²) in [5.74, 6) is -1.73. The molecule has 0 radical (unpaired) electrons. The van der Waals surface area contributed by atoms with Gasteiger partial charge in [-0.3, -0.25) is 4.79 Å². The number of nitrogens with zero attached hydrogens (tertiary/aromatic N) is 1. The molecule has 1 aliphatic rings. The van der Waals surface area contributed by atoms with E-state index < -0.39 is 23.4 Å². The summed E-state index contributed by atoms with van der Waals surface area (Å²) in [6, 6.07) is 3.78. The number of ether oxygens (including phenoxy) is 1. The maximum Gasteiger partial charge on any atom is 0.446 e. The lowest BCUT2D eigenvalue weighted by atomic mass is 10.1. The number of benzene rings is 1. The van der Waals surface area contributed by atoms with Crippen molar-refractivity contribution in [2.24, 2.45) is 0 Å². The number of carboxylic acids is 1. The number of alkyl halides is 3. The average molecular weight is 335 g/mol. The number of halogens is 3. The van der Waals surface area contributed by atoms with Gasteiger partial charge >= 0.3 is 11.5 Å². The van der Waals surface area contributed by atoms with Crippen molar-refractivity contribution in [3.05, 3.63) is 29.8 Å². The summed E-state index contributed by atoms with van der Waals surface area (Å²) in [6.45, 7) is 0.232. The molecule has 5 nitrogen and oxygen atoms in total. The molecule has 2 rings (SSSR count). The van der Waals surface area contributed by atoms with Crippen LogP contribution in [0.15, 0.2) is 29.2 Å². The number of hydrogen-bond donors (Lipinski definition) is 1. The van der Waals surface area contributed by atoms with Crippen molar-refractivity contribution < 1.29 is 32.6 Å². The number of amides is 1. The largest absolute Gasteiger partial charge is 0.480 e. The second-order valence-electron chi connectivity index (χ2n) is 4.50. The topological polar surface area (TPSA) is 66.8 Å². The summed E-state index contributed by atoms with van der Waals surface area (Å²) in [5.41, 5.74) is -4.26. The zero-order valence-electron chi connectivity index (χ0n) is 11.2. The van der Waals surface area contributed by atoms with Gasteiger partial charge in [-0.1, -0.05) is 0 Å². The SMILES string of the molecule is O=C(O)C1COCCN1C(=O)c1ccc(SC(F)(F)F)cc1. The number of carbonyl (C=O) groups is 2. The molecule has 22 heavy (non-hydrogen) atoms. The molecular formula is C13H12F3NO4S. The maximum atomic E-state index is 12.3. The normalized spacial score (nSPS) is 19.0. The van der Waals surface area contributed by atoms with Crippen LogP contribution in [0.25, 0.3) is 0 Å². The van der Waals surface area contributed by atoms with Crippen LogP contribution < -0.4 is 0 Å². The lowest BCUT2D eigenvalue weighted by molar-refractivity contribution is -0.147. The van der Waals surface area contributed by atoms with Crippen LogP contribution in [0.2, 0.25) is 0 Å². The highest BCUT2D eigenvalue weighted by Crippen LogP contribution is 2.36. The van der Waals surface area contributed by atoms with Crippen molar-refractivity contribution in [2.45, 2.75) is 16.4 Å². The number of hydrogen-bond acceptors (Lipinski definition) is 4. The quantitative estimate of drug-likeness (QED) is 0.858. The van der Waals surface area contributed by atoms with Crippen LogP contribution in [0.4, 0.5) is 13.2 Å². The van der Waals surface area contributed by atoms with Crippen LogP contribution >= 0.6 is 11.8 Å². The van der Waals surface area contributed by atoms with E-state index in [1.54, 1.807) is 0 Å². The van der Waals surface area contributed by atoms with Crippen molar-refractivity contribution in [2.75, 3.05) is 19.8 Å². The van der Waals surface area contributed by atoms with E-state index in [9.17, 15) is 22.8 Å². The lowest BCUT2D eigenvalue weighted by Gasteiger charge is -2.32. The van der Waals surface area contributed by atoms with Crippen molar-refractivity contribution in [1.29, 1.82) is 0 Å². The van der Waals surface area contributed by atoms with Gasteiger partial charge in [0.15, 0.2) is 6.04 Å². The number of carboxylic acid groups (broad SMARTS) is 1. The van der Waals surface area contributed by atoms with Crippen molar-refractivity contribution in [1.82, 2.24) is 4.90 Å². The van der Waals surface area contributed by atoms with Gasteiger partial charge in [-0.2, -0.15) is 13.2 Å². The summed E-state index contributed by atoms with van der Waals surface area (Å²) in [5, 5.41) is 9.07. The van der Waals surface area contributed by atoms with Gasteiger partial charge < -0.3 is 14.7 Å². The minimum Gasteiger partial charge on any atom is -0.480 e. The zero-order chi connectivity index (χ0) is 16.3. The molecule has 1 amide bonds. The molecule has 1 fully saturated rings. The fraction of sp³-hybridized carbons (Fsp3) is 0.385. The molecule has 1 aromatic carbocycles. The van der Waals surface area contributed by atoms with Crippen LogP contribution in [0.3, 0.4) is 0 Å². The Kier molecular flexibility index (Phi) is 4.97. The predicted molar refractivity (Wildman–Crippen MR) is 71.6 cm³/mol. The van der Waals surface area contributed by atoms with Crippen molar-refractivity contribution >= 4 is 23.6 Å². The Morgan fingerprint density at radius 3 is 2.45 bits per heavy atom. The standard InChI is InChI=1S/C13H12F3NO4S/c14-13(15,16)22-9-3-1-8(2-4-9)11(18)17-5-6-21-7-10(17)12(19)20/h1-4,10H,5-7H2,(H,19,20). The van der Waals surface area contributed by atoms with Gasteiger partial charge in [-0.15, -0.1) is 0 Å². The van der Waals surface area contributed by atoms with Gasteiger partial charge in [0.1, 0.15) is 0 Å². The lowest BCUT2D eigenvalue weighted by Crippen LogP contribution is -2.52. The summed E-state index contributed by atoms with van der Waals surface area (Å²) < 4.78 is 41.8. The molecular weight excluding hydrogens is 323 g/mol. The summed E-state index contributed by atoms with van der Waals surface area (Å²) in [7, 11) is 0. The van der Waals surface area contributed by atoms with Gasteiger partial charge in [0.25, 0.3) is 5.91 Å². The van der Waals surface area contributed by atoms with Gasteiger partial charge in [0, 0.05) is 17.0 Å². The molecule has 0 bridgehead atoms. The summed E-state index contributed by atoms with van der Waals surface area (Å²) in [6.07, 6.45) is 0. The molecule has 1 unspecified atom stereocenters. The fourth-order valence-corrected chi connectivity index (χ4v) is 2.56. The van der Waals surface area contributed by atoms with E-state index in [4.69, 9.17) is 9.84 Å². The molecule has 1 heterocycles. The minimum absolute atomic E-state index is 0.0409. The minimum atomic E-state index is -4.40. The third-order valence-electron chi connectivity index (χ3n) is 3.01. The van der Waals surface area contributed by atoms with Crippen molar-refractivity contribution in [3.63, 3.8) is 0 Å². The molecule has 9 heteroatoms. The van der Waals surface area contributed by atoms with E-state index >= 15 is 0 Å². The van der Waals surface area contributed by atoms with E-state index in [1.807, 2.05) is 0 Å². The molecule has 1 saturated heterocycles. The zero-order valence-corrected chi connectivity index (χ0v) is 12.0. The van der Waals surface area contributed by atoms with Gasteiger partial charge in [0.05, 0.1) is 13.2 Å². The monoisotopic (exact) mass is 335 g/mol. The van der Waals surface area contributed by atoms with Crippen LogP contribution in [0.5, 0.6) is 0 Å². The highest BCUT2D eigenvalue weighted by Gasteiger charge is 2.33. The number of thioether (sulfide) groups is 1. The molecule has 0 aromatic heterocycles. The fourth-order valence-electron chi connectivity index (χ4n) is 2.02. The Labute approximate surface area is 128 Å². The number of morpholine rings is 1. The Balaban J connectivity index is 2.13. The first-order chi connectivity index (χ1) is 10.3. The molecule has 120 valence electrons. The molecule has 1 aliphatic heterocycles. The smallest absolute Gasteiger partial charge is 0.446 e. The second-order valence-corrected chi connectivity index (χ2v) is 5.64. The molecule has 1 aromatic rings.